The fourth-order valence-corrected chi connectivity index (χ4v) is 3.83. The maximum absolute atomic E-state index is 13.2. The van der Waals surface area contributed by atoms with Crippen LogP contribution in [0.5, 0.6) is 0 Å². The van der Waals surface area contributed by atoms with Crippen LogP contribution in [-0.4, -0.2) is 27.6 Å². The minimum absolute atomic E-state index is 0.0137. The Bertz CT molecular complexity index is 1230. The lowest BCUT2D eigenvalue weighted by molar-refractivity contribution is -0.117. The van der Waals surface area contributed by atoms with Gasteiger partial charge in [0.15, 0.2) is 0 Å². The lowest BCUT2D eigenvalue weighted by atomic mass is 10.1. The summed E-state index contributed by atoms with van der Waals surface area (Å²) in [6.07, 6.45) is 0.764. The van der Waals surface area contributed by atoms with Gasteiger partial charge < -0.3 is 10.2 Å². The fourth-order valence-electron chi connectivity index (χ4n) is 3.83. The highest BCUT2D eigenvalue weighted by molar-refractivity contribution is 6.06. The van der Waals surface area contributed by atoms with Crippen LogP contribution in [0.15, 0.2) is 59.4 Å². The zero-order valence-electron chi connectivity index (χ0n) is 17.8. The summed E-state index contributed by atoms with van der Waals surface area (Å²) in [4.78, 5) is 39.6. The number of carbonyl (C=O) groups excluding carboxylic acids is 2. The molecule has 31 heavy (non-hydrogen) atoms. The Morgan fingerprint density at radius 1 is 1.06 bits per heavy atom. The lowest BCUT2D eigenvalue weighted by Gasteiger charge is -2.22. The third kappa shape index (κ3) is 4.12. The van der Waals surface area contributed by atoms with Crippen LogP contribution in [0.2, 0.25) is 0 Å². The van der Waals surface area contributed by atoms with Gasteiger partial charge in [0.05, 0.1) is 0 Å². The van der Waals surface area contributed by atoms with E-state index in [4.69, 9.17) is 0 Å². The van der Waals surface area contributed by atoms with Gasteiger partial charge in [0.2, 0.25) is 5.91 Å². The van der Waals surface area contributed by atoms with E-state index in [2.05, 4.69) is 10.4 Å². The van der Waals surface area contributed by atoms with Gasteiger partial charge in [0, 0.05) is 23.5 Å². The van der Waals surface area contributed by atoms with Crippen molar-refractivity contribution in [3.63, 3.8) is 0 Å². The molecule has 1 atom stereocenters. The minimum atomic E-state index is -0.443. The molecular formula is C24H24N4O3. The molecule has 0 saturated heterocycles. The second kappa shape index (κ2) is 8.18. The monoisotopic (exact) mass is 416 g/mol. The van der Waals surface area contributed by atoms with Crippen LogP contribution in [0, 0.1) is 13.8 Å². The van der Waals surface area contributed by atoms with Crippen molar-refractivity contribution >= 4 is 23.2 Å². The molecule has 3 aromatic rings. The molecule has 4 rings (SSSR count). The number of amides is 2. The Hall–Kier alpha value is -3.74. The number of nitrogens with one attached hydrogen (secondary N) is 1. The molecule has 2 aromatic carbocycles. The Balaban J connectivity index is 1.54. The maximum atomic E-state index is 13.2. The highest BCUT2D eigenvalue weighted by Gasteiger charge is 2.32. The Labute approximate surface area is 180 Å². The average Bonchev–Trinajstić information content (AvgIpc) is 3.07. The number of hydrogen-bond donors (Lipinski definition) is 1. The van der Waals surface area contributed by atoms with Gasteiger partial charge in [-0.2, -0.15) is 5.10 Å². The first-order valence-corrected chi connectivity index (χ1v) is 10.2. The molecule has 158 valence electrons. The summed E-state index contributed by atoms with van der Waals surface area (Å²) in [5.74, 6) is -0.678. The molecule has 0 aliphatic carbocycles. The second-order valence-corrected chi connectivity index (χ2v) is 7.92. The number of anilines is 2. The molecule has 0 spiro atoms. The van der Waals surface area contributed by atoms with E-state index in [-0.39, 0.29) is 30.1 Å². The van der Waals surface area contributed by atoms with Gasteiger partial charge >= 0.3 is 0 Å². The summed E-state index contributed by atoms with van der Waals surface area (Å²) in [6.45, 7) is 5.65. The van der Waals surface area contributed by atoms with Gasteiger partial charge in [-0.3, -0.25) is 14.4 Å². The van der Waals surface area contributed by atoms with Crippen molar-refractivity contribution in [3.05, 3.63) is 87.3 Å². The summed E-state index contributed by atoms with van der Waals surface area (Å²) >= 11 is 0. The molecule has 7 nitrogen and oxygen atoms in total. The first kappa shape index (κ1) is 20.5. The molecule has 2 amide bonds. The van der Waals surface area contributed by atoms with Crippen molar-refractivity contribution in [2.75, 3.05) is 10.2 Å². The topological polar surface area (TPSA) is 84.3 Å². The molecule has 1 aromatic heterocycles. The van der Waals surface area contributed by atoms with E-state index in [0.29, 0.717) is 5.69 Å². The third-order valence-electron chi connectivity index (χ3n) is 5.60. The Morgan fingerprint density at radius 2 is 1.84 bits per heavy atom. The number of carbonyl (C=O) groups is 2. The summed E-state index contributed by atoms with van der Waals surface area (Å²) in [6, 6.07) is 16.0. The van der Waals surface area contributed by atoms with Gasteiger partial charge in [0.1, 0.15) is 12.2 Å². The molecule has 0 bridgehead atoms. The Morgan fingerprint density at radius 3 is 2.61 bits per heavy atom. The zero-order chi connectivity index (χ0) is 22.1. The SMILES string of the molecule is Cc1ccc(NC(=O)Cn2nc(C(=O)N3c4ccccc4C[C@H]3C)ccc2=O)cc1C. The highest BCUT2D eigenvalue weighted by atomic mass is 16.2. The highest BCUT2D eigenvalue weighted by Crippen LogP contribution is 2.32. The molecule has 1 N–H and O–H groups in total. The number of para-hydroxylation sites is 1. The number of benzene rings is 2. The fraction of sp³-hybridized carbons (Fsp3) is 0.250. The van der Waals surface area contributed by atoms with E-state index in [0.717, 1.165) is 33.5 Å². The largest absolute Gasteiger partial charge is 0.324 e. The number of hydrogen-bond acceptors (Lipinski definition) is 4. The van der Waals surface area contributed by atoms with Crippen molar-refractivity contribution in [2.45, 2.75) is 39.8 Å². The number of nitrogens with zero attached hydrogens (tertiary/aromatic N) is 3. The molecule has 0 fully saturated rings. The molecule has 1 aliphatic rings. The van der Waals surface area contributed by atoms with Crippen LogP contribution in [0.4, 0.5) is 11.4 Å². The van der Waals surface area contributed by atoms with E-state index >= 15 is 0 Å². The second-order valence-electron chi connectivity index (χ2n) is 7.92. The lowest BCUT2D eigenvalue weighted by Crippen LogP contribution is -2.38. The summed E-state index contributed by atoms with van der Waals surface area (Å²) in [7, 11) is 0. The Kier molecular flexibility index (Phi) is 5.42. The molecule has 0 unspecified atom stereocenters. The summed E-state index contributed by atoms with van der Waals surface area (Å²) < 4.78 is 1.02. The smallest absolute Gasteiger partial charge is 0.278 e. The third-order valence-corrected chi connectivity index (χ3v) is 5.60. The maximum Gasteiger partial charge on any atom is 0.278 e. The molecule has 0 saturated carbocycles. The zero-order valence-corrected chi connectivity index (χ0v) is 17.8. The van der Waals surface area contributed by atoms with Gasteiger partial charge in [0.25, 0.3) is 11.5 Å². The van der Waals surface area contributed by atoms with Crippen molar-refractivity contribution in [3.8, 4) is 0 Å². The van der Waals surface area contributed by atoms with E-state index < -0.39 is 5.56 Å². The predicted octanol–water partition coefficient (Wildman–Crippen LogP) is 3.09. The van der Waals surface area contributed by atoms with E-state index in [1.165, 1.54) is 12.1 Å². The predicted molar refractivity (Wildman–Crippen MR) is 119 cm³/mol. The molecular weight excluding hydrogens is 392 g/mol. The van der Waals surface area contributed by atoms with Crippen molar-refractivity contribution in [1.82, 2.24) is 9.78 Å². The van der Waals surface area contributed by atoms with Crippen LogP contribution in [0.3, 0.4) is 0 Å². The quantitative estimate of drug-likeness (QED) is 0.708. The first-order valence-electron chi connectivity index (χ1n) is 10.2. The van der Waals surface area contributed by atoms with Gasteiger partial charge in [-0.05, 0) is 68.1 Å². The summed E-state index contributed by atoms with van der Waals surface area (Å²) in [5, 5.41) is 6.97. The normalized spacial score (nSPS) is 14.9. The number of rotatable bonds is 4. The number of fused-ring (bicyclic) bond motifs is 1. The van der Waals surface area contributed by atoms with Crippen LogP contribution in [0.25, 0.3) is 0 Å². The molecule has 7 heteroatoms. The van der Waals surface area contributed by atoms with Gasteiger partial charge in [-0.15, -0.1) is 0 Å². The summed E-state index contributed by atoms with van der Waals surface area (Å²) in [5.41, 5.74) is 4.47. The molecule has 0 radical (unpaired) electrons. The number of aromatic nitrogens is 2. The molecule has 1 aliphatic heterocycles. The van der Waals surface area contributed by atoms with Crippen LogP contribution in [-0.2, 0) is 17.8 Å². The van der Waals surface area contributed by atoms with Crippen LogP contribution < -0.4 is 15.8 Å². The molecule has 2 heterocycles. The van der Waals surface area contributed by atoms with Crippen LogP contribution in [0.1, 0.15) is 34.1 Å². The van der Waals surface area contributed by atoms with Crippen LogP contribution >= 0.6 is 0 Å². The van der Waals surface area contributed by atoms with Crippen molar-refractivity contribution in [1.29, 1.82) is 0 Å². The number of aryl methyl sites for hydroxylation is 2. The standard InChI is InChI=1S/C24H24N4O3/c1-15-8-9-19(12-16(15)2)25-22(29)14-27-23(30)11-10-20(26-27)24(31)28-17(3)13-18-6-4-5-7-21(18)28/h4-12,17H,13-14H2,1-3H3,(H,25,29)/t17-/m1/s1. The van der Waals surface area contributed by atoms with Gasteiger partial charge in [-0.25, -0.2) is 4.68 Å². The van der Waals surface area contributed by atoms with Crippen molar-refractivity contribution in [2.24, 2.45) is 0 Å². The van der Waals surface area contributed by atoms with Crippen molar-refractivity contribution < 1.29 is 9.59 Å². The van der Waals surface area contributed by atoms with Gasteiger partial charge in [-0.1, -0.05) is 24.3 Å². The van der Waals surface area contributed by atoms with E-state index in [1.807, 2.05) is 63.2 Å². The minimum Gasteiger partial charge on any atom is -0.324 e. The average molecular weight is 416 g/mol. The first-order chi connectivity index (χ1) is 14.8. The van der Waals surface area contributed by atoms with E-state index in [9.17, 15) is 14.4 Å². The van der Waals surface area contributed by atoms with E-state index in [1.54, 1.807) is 4.90 Å².